The molecule has 0 unspecified atom stereocenters. The van der Waals surface area contributed by atoms with Gasteiger partial charge in [0.15, 0.2) is 0 Å². The zero-order valence-corrected chi connectivity index (χ0v) is 9.00. The van der Waals surface area contributed by atoms with Crippen molar-refractivity contribution in [1.29, 1.82) is 0 Å². The molecule has 0 amide bonds. The van der Waals surface area contributed by atoms with E-state index in [0.717, 1.165) is 12.3 Å². The molecule has 0 bridgehead atoms. The van der Waals surface area contributed by atoms with E-state index in [-0.39, 0.29) is 17.0 Å². The fourth-order valence-electron chi connectivity index (χ4n) is 1.19. The fourth-order valence-corrected chi connectivity index (χ4v) is 1.85. The van der Waals surface area contributed by atoms with E-state index in [1.165, 1.54) is 17.5 Å². The van der Waals surface area contributed by atoms with Gasteiger partial charge in [0.2, 0.25) is 5.78 Å². The number of aromatic nitrogens is 2. The number of hydrogen-bond donors (Lipinski definition) is 1. The minimum absolute atomic E-state index is 0.189. The molecular formula is C10H8FN3OS. The lowest BCUT2D eigenvalue weighted by molar-refractivity contribution is 0.103. The first kappa shape index (κ1) is 10.8. The maximum Gasteiger partial charge on any atom is 0.213 e. The lowest BCUT2D eigenvalue weighted by Crippen LogP contribution is -2.04. The van der Waals surface area contributed by atoms with Crippen molar-refractivity contribution in [1.82, 2.24) is 9.97 Å². The van der Waals surface area contributed by atoms with Crippen molar-refractivity contribution in [3.8, 4) is 0 Å². The molecule has 4 nitrogen and oxygen atoms in total. The molecule has 0 aliphatic rings. The Hall–Kier alpha value is -1.66. The second kappa shape index (κ2) is 4.46. The van der Waals surface area contributed by atoms with Crippen LogP contribution < -0.4 is 5.73 Å². The van der Waals surface area contributed by atoms with E-state index >= 15 is 0 Å². The number of ketones is 1. The molecule has 0 saturated heterocycles. The van der Waals surface area contributed by atoms with Crippen molar-refractivity contribution >= 4 is 17.1 Å². The van der Waals surface area contributed by atoms with Gasteiger partial charge in [-0.05, 0) is 6.07 Å². The molecule has 0 spiro atoms. The molecule has 0 saturated carbocycles. The van der Waals surface area contributed by atoms with Crippen molar-refractivity contribution in [2.24, 2.45) is 5.73 Å². The largest absolute Gasteiger partial charge is 0.325 e. The SMILES string of the molecule is NCc1nc(C(=O)c2cncc(F)c2)cs1. The lowest BCUT2D eigenvalue weighted by Gasteiger charge is -1.96. The summed E-state index contributed by atoms with van der Waals surface area (Å²) in [4.78, 5) is 19.5. The van der Waals surface area contributed by atoms with Crippen LogP contribution in [0.25, 0.3) is 0 Å². The van der Waals surface area contributed by atoms with Crippen LogP contribution in [0.5, 0.6) is 0 Å². The predicted molar refractivity (Wildman–Crippen MR) is 57.6 cm³/mol. The molecule has 0 fully saturated rings. The van der Waals surface area contributed by atoms with Crippen LogP contribution in [-0.2, 0) is 6.54 Å². The molecule has 2 rings (SSSR count). The van der Waals surface area contributed by atoms with Crippen molar-refractivity contribution in [2.45, 2.75) is 6.54 Å². The van der Waals surface area contributed by atoms with Crippen LogP contribution in [0.3, 0.4) is 0 Å². The van der Waals surface area contributed by atoms with Crippen molar-refractivity contribution in [3.05, 3.63) is 45.9 Å². The highest BCUT2D eigenvalue weighted by atomic mass is 32.1. The third kappa shape index (κ3) is 2.12. The van der Waals surface area contributed by atoms with Crippen LogP contribution >= 0.6 is 11.3 Å². The zero-order chi connectivity index (χ0) is 11.5. The molecule has 0 aliphatic heterocycles. The Morgan fingerprint density at radius 2 is 2.31 bits per heavy atom. The molecule has 2 heterocycles. The highest BCUT2D eigenvalue weighted by Gasteiger charge is 2.13. The first-order chi connectivity index (χ1) is 7.70. The number of nitrogens with zero attached hydrogens (tertiary/aromatic N) is 2. The molecule has 2 N–H and O–H groups in total. The zero-order valence-electron chi connectivity index (χ0n) is 8.18. The monoisotopic (exact) mass is 237 g/mol. The number of hydrogen-bond acceptors (Lipinski definition) is 5. The summed E-state index contributed by atoms with van der Waals surface area (Å²) >= 11 is 1.31. The van der Waals surface area contributed by atoms with Crippen LogP contribution in [0.4, 0.5) is 4.39 Å². The van der Waals surface area contributed by atoms with Crippen molar-refractivity contribution in [3.63, 3.8) is 0 Å². The first-order valence-corrected chi connectivity index (χ1v) is 5.38. The lowest BCUT2D eigenvalue weighted by atomic mass is 10.1. The molecule has 0 radical (unpaired) electrons. The van der Waals surface area contributed by atoms with Crippen LogP contribution in [0.15, 0.2) is 23.8 Å². The quantitative estimate of drug-likeness (QED) is 0.818. The van der Waals surface area contributed by atoms with E-state index in [9.17, 15) is 9.18 Å². The molecule has 6 heteroatoms. The van der Waals surface area contributed by atoms with Crippen molar-refractivity contribution < 1.29 is 9.18 Å². The summed E-state index contributed by atoms with van der Waals surface area (Å²) in [6, 6.07) is 1.14. The van der Waals surface area contributed by atoms with E-state index in [1.807, 2.05) is 0 Å². The highest BCUT2D eigenvalue weighted by Crippen LogP contribution is 2.13. The maximum absolute atomic E-state index is 12.9. The average molecular weight is 237 g/mol. The van der Waals surface area contributed by atoms with Crippen molar-refractivity contribution in [2.75, 3.05) is 0 Å². The number of carbonyl (C=O) groups is 1. The van der Waals surface area contributed by atoms with Crippen LogP contribution in [0, 0.1) is 5.82 Å². The number of rotatable bonds is 3. The summed E-state index contributed by atoms with van der Waals surface area (Å²) < 4.78 is 12.9. The second-order valence-electron chi connectivity index (χ2n) is 3.05. The number of nitrogens with two attached hydrogens (primary N) is 1. The molecule has 0 atom stereocenters. The Morgan fingerprint density at radius 1 is 1.50 bits per heavy atom. The summed E-state index contributed by atoms with van der Waals surface area (Å²) in [6.45, 7) is 0.291. The molecule has 16 heavy (non-hydrogen) atoms. The summed E-state index contributed by atoms with van der Waals surface area (Å²) in [5, 5.41) is 2.28. The van der Waals surface area contributed by atoms with Gasteiger partial charge in [-0.25, -0.2) is 9.37 Å². The van der Waals surface area contributed by atoms with Gasteiger partial charge in [-0.1, -0.05) is 0 Å². The Balaban J connectivity index is 2.31. The average Bonchev–Trinajstić information content (AvgIpc) is 2.76. The van der Waals surface area contributed by atoms with Gasteiger partial charge in [-0.2, -0.15) is 0 Å². The third-order valence-corrected chi connectivity index (χ3v) is 2.80. The maximum atomic E-state index is 12.9. The Bertz CT molecular complexity index is 526. The summed E-state index contributed by atoms with van der Waals surface area (Å²) in [5.74, 6) is -0.886. The number of thiazole rings is 1. The molecule has 82 valence electrons. The summed E-state index contributed by atoms with van der Waals surface area (Å²) in [7, 11) is 0. The van der Waals surface area contributed by atoms with Crippen LogP contribution in [-0.4, -0.2) is 15.8 Å². The molecule has 2 aromatic rings. The molecular weight excluding hydrogens is 229 g/mol. The van der Waals surface area contributed by atoms with Gasteiger partial charge in [0.25, 0.3) is 0 Å². The van der Waals surface area contributed by atoms with Gasteiger partial charge in [-0.15, -0.1) is 11.3 Å². The normalized spacial score (nSPS) is 10.4. The van der Waals surface area contributed by atoms with Gasteiger partial charge in [-0.3, -0.25) is 9.78 Å². The van der Waals surface area contributed by atoms with Gasteiger partial charge in [0.05, 0.1) is 6.20 Å². The van der Waals surface area contributed by atoms with Gasteiger partial charge in [0.1, 0.15) is 16.5 Å². The minimum Gasteiger partial charge on any atom is -0.325 e. The van der Waals surface area contributed by atoms with E-state index < -0.39 is 5.82 Å². The highest BCUT2D eigenvalue weighted by molar-refractivity contribution is 7.09. The van der Waals surface area contributed by atoms with E-state index in [4.69, 9.17) is 5.73 Å². The molecule has 2 aromatic heterocycles. The van der Waals surface area contributed by atoms with Gasteiger partial charge >= 0.3 is 0 Å². The standard InChI is InChI=1S/C10H8FN3OS/c11-7-1-6(3-13-4-7)10(15)8-5-16-9(2-12)14-8/h1,3-5H,2,12H2. The van der Waals surface area contributed by atoms with Gasteiger partial charge < -0.3 is 5.73 Å². The predicted octanol–water partition coefficient (Wildman–Crippen LogP) is 1.37. The third-order valence-electron chi connectivity index (χ3n) is 1.93. The van der Waals surface area contributed by atoms with Gasteiger partial charge in [0, 0.05) is 23.7 Å². The molecule has 0 aliphatic carbocycles. The molecule has 0 aromatic carbocycles. The smallest absolute Gasteiger partial charge is 0.213 e. The number of carbonyl (C=O) groups excluding carboxylic acids is 1. The number of halogens is 1. The van der Waals surface area contributed by atoms with Crippen LogP contribution in [0.1, 0.15) is 21.1 Å². The van der Waals surface area contributed by atoms with E-state index in [1.54, 1.807) is 5.38 Å². The second-order valence-corrected chi connectivity index (χ2v) is 3.99. The van der Waals surface area contributed by atoms with Crippen LogP contribution in [0.2, 0.25) is 0 Å². The fraction of sp³-hybridized carbons (Fsp3) is 0.100. The summed E-state index contributed by atoms with van der Waals surface area (Å²) in [5.41, 5.74) is 5.85. The van der Waals surface area contributed by atoms with E-state index in [2.05, 4.69) is 9.97 Å². The van der Waals surface area contributed by atoms with E-state index in [0.29, 0.717) is 11.6 Å². The Morgan fingerprint density at radius 3 is 2.94 bits per heavy atom. The Labute approximate surface area is 95.0 Å². The Kier molecular flexibility index (Phi) is 3.02. The summed E-state index contributed by atoms with van der Waals surface area (Å²) in [6.07, 6.45) is 2.36. The number of pyridine rings is 1. The first-order valence-electron chi connectivity index (χ1n) is 4.50. The topological polar surface area (TPSA) is 68.9 Å². The minimum atomic E-state index is -0.542.